The number of hydrogen-bond acceptors (Lipinski definition) is 4. The lowest BCUT2D eigenvalue weighted by molar-refractivity contribution is -0.119. The van der Waals surface area contributed by atoms with Crippen LogP contribution in [0.1, 0.15) is 29.3 Å². The van der Waals surface area contributed by atoms with Crippen molar-refractivity contribution >= 4 is 33.0 Å². The highest BCUT2D eigenvalue weighted by atomic mass is 32.2. The third kappa shape index (κ3) is 3.73. The maximum absolute atomic E-state index is 12.5. The third-order valence-corrected chi connectivity index (χ3v) is 6.72. The Kier molecular flexibility index (Phi) is 4.41. The molecule has 2 aromatic rings. The summed E-state index contributed by atoms with van der Waals surface area (Å²) in [6.07, 6.45) is 3.20. The van der Waals surface area contributed by atoms with Crippen molar-refractivity contribution in [3.63, 3.8) is 0 Å². The Labute approximate surface area is 139 Å². The van der Waals surface area contributed by atoms with E-state index in [2.05, 4.69) is 10.0 Å². The van der Waals surface area contributed by atoms with Crippen LogP contribution in [0.3, 0.4) is 0 Å². The average molecular weight is 350 g/mol. The van der Waals surface area contributed by atoms with Crippen molar-refractivity contribution in [3.05, 3.63) is 46.3 Å². The van der Waals surface area contributed by atoms with Gasteiger partial charge in [0.25, 0.3) is 10.0 Å². The van der Waals surface area contributed by atoms with Crippen molar-refractivity contribution in [1.29, 1.82) is 0 Å². The fourth-order valence-corrected chi connectivity index (χ4v) is 4.99. The molecule has 122 valence electrons. The van der Waals surface area contributed by atoms with E-state index in [1.807, 2.05) is 18.2 Å². The summed E-state index contributed by atoms with van der Waals surface area (Å²) in [5.74, 6) is -0.140. The van der Waals surface area contributed by atoms with E-state index in [1.165, 1.54) is 18.1 Å². The summed E-state index contributed by atoms with van der Waals surface area (Å²) in [4.78, 5) is 11.7. The molecule has 23 heavy (non-hydrogen) atoms. The van der Waals surface area contributed by atoms with E-state index >= 15 is 0 Å². The van der Waals surface area contributed by atoms with Crippen LogP contribution in [0.5, 0.6) is 0 Å². The summed E-state index contributed by atoms with van der Waals surface area (Å²) < 4.78 is 27.8. The van der Waals surface area contributed by atoms with Crippen molar-refractivity contribution in [3.8, 4) is 0 Å². The molecule has 3 rings (SSSR count). The molecule has 0 saturated carbocycles. The lowest BCUT2D eigenvalue weighted by Gasteiger charge is -2.08. The van der Waals surface area contributed by atoms with Gasteiger partial charge in [-0.05, 0) is 54.7 Å². The van der Waals surface area contributed by atoms with E-state index < -0.39 is 10.0 Å². The zero-order valence-electron chi connectivity index (χ0n) is 12.8. The van der Waals surface area contributed by atoms with Gasteiger partial charge in [0.1, 0.15) is 4.21 Å². The van der Waals surface area contributed by atoms with Gasteiger partial charge in [-0.25, -0.2) is 8.42 Å². The van der Waals surface area contributed by atoms with E-state index in [1.54, 1.807) is 12.1 Å². The largest absolute Gasteiger partial charge is 0.351 e. The van der Waals surface area contributed by atoms with Crippen molar-refractivity contribution in [2.75, 3.05) is 4.72 Å². The van der Waals surface area contributed by atoms with Crippen molar-refractivity contribution in [2.24, 2.45) is 0 Å². The first-order valence-electron chi connectivity index (χ1n) is 7.42. The summed E-state index contributed by atoms with van der Waals surface area (Å²) in [5, 5.41) is 2.66. The van der Waals surface area contributed by atoms with Crippen LogP contribution in [-0.2, 0) is 34.2 Å². The number of sulfonamides is 1. The number of rotatable bonds is 5. The smallest absolute Gasteiger partial charge is 0.271 e. The predicted molar refractivity (Wildman–Crippen MR) is 91.1 cm³/mol. The number of carbonyl (C=O) groups excluding carboxylic acids is 1. The molecule has 1 amide bonds. The zero-order chi connectivity index (χ0) is 16.4. The standard InChI is InChI=1S/C16H18N2O3S2/c1-11(19)17-10-15-7-8-16(22-15)23(20,21)18-14-6-5-12-3-2-4-13(12)9-14/h5-9,18H,2-4,10H2,1H3,(H,17,19). The zero-order valence-corrected chi connectivity index (χ0v) is 14.4. The van der Waals surface area contributed by atoms with Gasteiger partial charge in [0.2, 0.25) is 5.91 Å². The Bertz CT molecular complexity index is 841. The maximum Gasteiger partial charge on any atom is 0.271 e. The number of hydrogen-bond donors (Lipinski definition) is 2. The average Bonchev–Trinajstić information content (AvgIpc) is 3.13. The molecule has 0 unspecified atom stereocenters. The number of nitrogens with one attached hydrogen (secondary N) is 2. The van der Waals surface area contributed by atoms with Crippen LogP contribution in [0.25, 0.3) is 0 Å². The summed E-state index contributed by atoms with van der Waals surface area (Å²) in [5.41, 5.74) is 3.13. The maximum atomic E-state index is 12.5. The van der Waals surface area contributed by atoms with Crippen molar-refractivity contribution in [2.45, 2.75) is 36.9 Å². The summed E-state index contributed by atoms with van der Waals surface area (Å²) in [7, 11) is -3.59. The number of amides is 1. The summed E-state index contributed by atoms with van der Waals surface area (Å²) in [6, 6.07) is 9.02. The number of anilines is 1. The lowest BCUT2D eigenvalue weighted by atomic mass is 10.1. The van der Waals surface area contributed by atoms with Crippen LogP contribution in [0.15, 0.2) is 34.5 Å². The Hall–Kier alpha value is -1.86. The molecule has 0 radical (unpaired) electrons. The van der Waals surface area contributed by atoms with Gasteiger partial charge in [0.15, 0.2) is 0 Å². The molecule has 5 nitrogen and oxygen atoms in total. The summed E-state index contributed by atoms with van der Waals surface area (Å²) >= 11 is 1.16. The Morgan fingerprint density at radius 1 is 1.17 bits per heavy atom. The van der Waals surface area contributed by atoms with Crippen LogP contribution in [-0.4, -0.2) is 14.3 Å². The molecule has 7 heteroatoms. The number of aryl methyl sites for hydroxylation is 2. The Morgan fingerprint density at radius 2 is 1.96 bits per heavy atom. The molecule has 1 aromatic carbocycles. The van der Waals surface area contributed by atoms with E-state index in [4.69, 9.17) is 0 Å². The third-order valence-electron chi connectivity index (χ3n) is 3.76. The molecule has 1 heterocycles. The molecular formula is C16H18N2O3S2. The first kappa shape index (κ1) is 16.0. The van der Waals surface area contributed by atoms with Gasteiger partial charge >= 0.3 is 0 Å². The second kappa shape index (κ2) is 6.33. The fourth-order valence-electron chi connectivity index (χ4n) is 2.65. The molecule has 0 fully saturated rings. The number of benzene rings is 1. The van der Waals surface area contributed by atoms with Crippen LogP contribution in [0, 0.1) is 0 Å². The molecule has 1 aliphatic carbocycles. The second-order valence-corrected chi connectivity index (χ2v) is 8.65. The Morgan fingerprint density at radius 3 is 2.74 bits per heavy atom. The van der Waals surface area contributed by atoms with Crippen LogP contribution in [0.2, 0.25) is 0 Å². The second-order valence-electron chi connectivity index (χ2n) is 5.57. The monoisotopic (exact) mass is 350 g/mol. The number of carbonyl (C=O) groups is 1. The number of fused-ring (bicyclic) bond motifs is 1. The van der Waals surface area contributed by atoms with E-state index in [0.717, 1.165) is 35.5 Å². The van der Waals surface area contributed by atoms with E-state index in [0.29, 0.717) is 12.2 Å². The topological polar surface area (TPSA) is 75.3 Å². The minimum Gasteiger partial charge on any atom is -0.351 e. The summed E-state index contributed by atoms with van der Waals surface area (Å²) in [6.45, 7) is 1.77. The molecule has 0 aliphatic heterocycles. The predicted octanol–water partition coefficient (Wildman–Crippen LogP) is 2.67. The molecule has 0 saturated heterocycles. The van der Waals surface area contributed by atoms with Crippen molar-refractivity contribution < 1.29 is 13.2 Å². The molecule has 0 spiro atoms. The van der Waals surface area contributed by atoms with Gasteiger partial charge in [-0.2, -0.15) is 0 Å². The van der Waals surface area contributed by atoms with Gasteiger partial charge in [-0.15, -0.1) is 11.3 Å². The number of thiophene rings is 1. The van der Waals surface area contributed by atoms with Gasteiger partial charge in [0.05, 0.1) is 6.54 Å². The van der Waals surface area contributed by atoms with Gasteiger partial charge in [0, 0.05) is 17.5 Å². The fraction of sp³-hybridized carbons (Fsp3) is 0.312. The SMILES string of the molecule is CC(=O)NCc1ccc(S(=O)(=O)Nc2ccc3c(c2)CCC3)s1. The molecule has 1 aliphatic rings. The van der Waals surface area contributed by atoms with Crippen LogP contribution in [0.4, 0.5) is 5.69 Å². The first-order valence-corrected chi connectivity index (χ1v) is 9.72. The lowest BCUT2D eigenvalue weighted by Crippen LogP contribution is -2.18. The molecule has 2 N–H and O–H groups in total. The van der Waals surface area contributed by atoms with E-state index in [9.17, 15) is 13.2 Å². The molecule has 0 bridgehead atoms. The highest BCUT2D eigenvalue weighted by molar-refractivity contribution is 7.94. The minimum absolute atomic E-state index is 0.140. The highest BCUT2D eigenvalue weighted by Gasteiger charge is 2.18. The first-order chi connectivity index (χ1) is 10.9. The van der Waals surface area contributed by atoms with E-state index in [-0.39, 0.29) is 10.1 Å². The normalized spacial score (nSPS) is 13.6. The molecule has 1 aromatic heterocycles. The van der Waals surface area contributed by atoms with Gasteiger partial charge in [-0.3, -0.25) is 9.52 Å². The van der Waals surface area contributed by atoms with Gasteiger partial charge in [-0.1, -0.05) is 6.07 Å². The quantitative estimate of drug-likeness (QED) is 0.870. The van der Waals surface area contributed by atoms with Gasteiger partial charge < -0.3 is 5.32 Å². The van der Waals surface area contributed by atoms with Crippen LogP contribution >= 0.6 is 11.3 Å². The molecular weight excluding hydrogens is 332 g/mol. The van der Waals surface area contributed by atoms with Crippen LogP contribution < -0.4 is 10.0 Å². The molecule has 0 atom stereocenters. The highest BCUT2D eigenvalue weighted by Crippen LogP contribution is 2.28. The van der Waals surface area contributed by atoms with Crippen molar-refractivity contribution in [1.82, 2.24) is 5.32 Å². The minimum atomic E-state index is -3.59. The Balaban J connectivity index is 1.75.